The lowest BCUT2D eigenvalue weighted by molar-refractivity contribution is -0.140. The Hall–Kier alpha value is -2.09. The van der Waals surface area contributed by atoms with Gasteiger partial charge >= 0.3 is 5.97 Å². The topological polar surface area (TPSA) is 98.8 Å². The van der Waals surface area contributed by atoms with E-state index >= 15 is 0 Å². The van der Waals surface area contributed by atoms with E-state index < -0.39 is 27.5 Å². The van der Waals surface area contributed by atoms with Gasteiger partial charge in [-0.15, -0.1) is 0 Å². The summed E-state index contributed by atoms with van der Waals surface area (Å²) in [7, 11) is -2.33. The highest BCUT2D eigenvalue weighted by Crippen LogP contribution is 2.15. The summed E-state index contributed by atoms with van der Waals surface area (Å²) >= 11 is 0. The number of nitrogens with one attached hydrogen (secondary N) is 1. The summed E-state index contributed by atoms with van der Waals surface area (Å²) in [4.78, 5) is 22.7. The summed E-state index contributed by atoms with van der Waals surface area (Å²) in [6.45, 7) is 2.40. The zero-order valence-corrected chi connectivity index (χ0v) is 14.0. The lowest BCUT2D eigenvalue weighted by Gasteiger charge is -2.08. The first kappa shape index (κ1) is 19.0. The number of carbonyl (C=O) groups is 2. The third kappa shape index (κ3) is 7.64. The van der Waals surface area contributed by atoms with Crippen molar-refractivity contribution >= 4 is 27.4 Å². The second-order valence-corrected chi connectivity index (χ2v) is 6.96. The van der Waals surface area contributed by atoms with Gasteiger partial charge in [0, 0.05) is 12.1 Å². The summed E-state index contributed by atoms with van der Waals surface area (Å²) in [6.07, 6.45) is 0.140. The molecule has 0 saturated heterocycles. The van der Waals surface area contributed by atoms with Crippen molar-refractivity contribution in [1.29, 1.82) is 0 Å². The molecule has 1 aromatic rings. The highest BCUT2D eigenvalue weighted by Gasteiger charge is 2.17. The molecule has 0 bridgehead atoms. The maximum atomic E-state index is 11.8. The summed E-state index contributed by atoms with van der Waals surface area (Å²) in [5.74, 6) is -1.28. The predicted molar refractivity (Wildman–Crippen MR) is 86.1 cm³/mol. The second kappa shape index (κ2) is 9.14. The molecule has 0 heterocycles. The van der Waals surface area contributed by atoms with Gasteiger partial charge in [0.2, 0.25) is 5.91 Å². The Morgan fingerprint density at radius 2 is 1.83 bits per heavy atom. The van der Waals surface area contributed by atoms with Gasteiger partial charge in [0.25, 0.3) is 0 Å². The van der Waals surface area contributed by atoms with Crippen LogP contribution in [0.2, 0.25) is 0 Å². The Labute approximate surface area is 135 Å². The first-order valence-electron chi connectivity index (χ1n) is 7.16. The molecule has 1 aromatic carbocycles. The van der Waals surface area contributed by atoms with Crippen molar-refractivity contribution < 1.29 is 27.5 Å². The van der Waals surface area contributed by atoms with Gasteiger partial charge in [0.15, 0.2) is 9.84 Å². The molecule has 0 fully saturated rings. The largest absolute Gasteiger partial charge is 0.494 e. The first-order valence-corrected chi connectivity index (χ1v) is 8.98. The van der Waals surface area contributed by atoms with E-state index in [2.05, 4.69) is 10.1 Å². The molecular formula is C15H21NO6S. The maximum absolute atomic E-state index is 11.8. The number of rotatable bonds is 9. The fourth-order valence-electron chi connectivity index (χ4n) is 1.81. The summed E-state index contributed by atoms with van der Waals surface area (Å²) in [5, 5.41) is 2.51. The van der Waals surface area contributed by atoms with Crippen LogP contribution in [0.15, 0.2) is 24.3 Å². The molecule has 0 saturated carbocycles. The number of methoxy groups -OCH3 is 1. The van der Waals surface area contributed by atoms with E-state index in [4.69, 9.17) is 4.74 Å². The minimum absolute atomic E-state index is 0.0102. The zero-order valence-electron chi connectivity index (χ0n) is 13.2. The molecule has 23 heavy (non-hydrogen) atoms. The molecule has 1 N–H and O–H groups in total. The normalized spacial score (nSPS) is 10.9. The van der Waals surface area contributed by atoms with Crippen LogP contribution in [0, 0.1) is 0 Å². The minimum atomic E-state index is -3.57. The Kier molecular flexibility index (Phi) is 7.53. The number of anilines is 1. The van der Waals surface area contributed by atoms with Gasteiger partial charge in [-0.05, 0) is 37.6 Å². The lowest BCUT2D eigenvalue weighted by atomic mass is 10.3. The lowest BCUT2D eigenvalue weighted by Crippen LogP contribution is -2.25. The Morgan fingerprint density at radius 1 is 1.17 bits per heavy atom. The van der Waals surface area contributed by atoms with Crippen LogP contribution in [0.4, 0.5) is 5.69 Å². The average molecular weight is 343 g/mol. The molecule has 7 nitrogen and oxygen atoms in total. The molecule has 0 spiro atoms. The number of ether oxygens (including phenoxy) is 2. The average Bonchev–Trinajstić information content (AvgIpc) is 2.48. The van der Waals surface area contributed by atoms with Crippen LogP contribution in [-0.4, -0.2) is 45.5 Å². The van der Waals surface area contributed by atoms with Gasteiger partial charge in [-0.25, -0.2) is 8.42 Å². The van der Waals surface area contributed by atoms with Crippen molar-refractivity contribution in [2.75, 3.05) is 30.5 Å². The van der Waals surface area contributed by atoms with E-state index in [9.17, 15) is 18.0 Å². The Balaban J connectivity index is 2.46. The van der Waals surface area contributed by atoms with Gasteiger partial charge in [0.1, 0.15) is 11.5 Å². The van der Waals surface area contributed by atoms with Gasteiger partial charge in [-0.1, -0.05) is 0 Å². The van der Waals surface area contributed by atoms with Crippen LogP contribution >= 0.6 is 0 Å². The number of sulfone groups is 1. The van der Waals surface area contributed by atoms with E-state index in [-0.39, 0.29) is 18.6 Å². The van der Waals surface area contributed by atoms with Crippen molar-refractivity contribution in [3.63, 3.8) is 0 Å². The Bertz CT molecular complexity index is 624. The van der Waals surface area contributed by atoms with Crippen molar-refractivity contribution in [1.82, 2.24) is 0 Å². The van der Waals surface area contributed by atoms with E-state index in [0.717, 1.165) is 0 Å². The number of amides is 1. The molecule has 0 aromatic heterocycles. The molecule has 1 amide bonds. The smallest absolute Gasteiger partial charge is 0.305 e. The quantitative estimate of drug-likeness (QED) is 0.680. The number of hydrogen-bond donors (Lipinski definition) is 1. The summed E-state index contributed by atoms with van der Waals surface area (Å²) in [6, 6.07) is 6.63. The molecule has 0 aliphatic rings. The maximum Gasteiger partial charge on any atom is 0.305 e. The molecule has 8 heteroatoms. The van der Waals surface area contributed by atoms with Crippen molar-refractivity contribution in [3.05, 3.63) is 24.3 Å². The van der Waals surface area contributed by atoms with Crippen LogP contribution in [-0.2, 0) is 24.2 Å². The van der Waals surface area contributed by atoms with Gasteiger partial charge in [0.05, 0.1) is 19.5 Å². The number of hydrogen-bond acceptors (Lipinski definition) is 6. The first-order chi connectivity index (χ1) is 10.9. The number of carbonyl (C=O) groups excluding carboxylic acids is 2. The van der Waals surface area contributed by atoms with Crippen molar-refractivity contribution in [3.8, 4) is 5.75 Å². The van der Waals surface area contributed by atoms with Gasteiger partial charge in [-0.3, -0.25) is 9.59 Å². The molecule has 0 unspecified atom stereocenters. The van der Waals surface area contributed by atoms with E-state index in [1.54, 1.807) is 24.3 Å². The second-order valence-electron chi connectivity index (χ2n) is 4.78. The number of benzene rings is 1. The fraction of sp³-hybridized carbons (Fsp3) is 0.467. The summed E-state index contributed by atoms with van der Waals surface area (Å²) < 4.78 is 33.3. The fourth-order valence-corrected chi connectivity index (χ4v) is 3.01. The monoisotopic (exact) mass is 343 g/mol. The highest BCUT2D eigenvalue weighted by atomic mass is 32.2. The molecule has 1 rings (SSSR count). The minimum Gasteiger partial charge on any atom is -0.494 e. The molecule has 0 radical (unpaired) electrons. The van der Waals surface area contributed by atoms with Gasteiger partial charge in [-0.2, -0.15) is 0 Å². The van der Waals surface area contributed by atoms with E-state index in [1.165, 1.54) is 7.11 Å². The highest BCUT2D eigenvalue weighted by molar-refractivity contribution is 7.92. The molecule has 0 atom stereocenters. The van der Waals surface area contributed by atoms with Crippen LogP contribution < -0.4 is 10.1 Å². The standard InChI is InChI=1S/C15H21NO6S/c1-3-22-13-8-6-12(7-9-13)16-14(17)11-23(19,20)10-4-5-15(18)21-2/h6-9H,3-5,10-11H2,1-2H3,(H,16,17). The third-order valence-electron chi connectivity index (χ3n) is 2.86. The van der Waals surface area contributed by atoms with Crippen LogP contribution in [0.5, 0.6) is 5.75 Å². The van der Waals surface area contributed by atoms with Crippen LogP contribution in [0.25, 0.3) is 0 Å². The Morgan fingerprint density at radius 3 is 2.39 bits per heavy atom. The van der Waals surface area contributed by atoms with Crippen LogP contribution in [0.3, 0.4) is 0 Å². The van der Waals surface area contributed by atoms with E-state index in [1.807, 2.05) is 6.92 Å². The molecule has 128 valence electrons. The molecular weight excluding hydrogens is 322 g/mol. The van der Waals surface area contributed by atoms with Crippen molar-refractivity contribution in [2.24, 2.45) is 0 Å². The van der Waals surface area contributed by atoms with E-state index in [0.29, 0.717) is 18.0 Å². The summed E-state index contributed by atoms with van der Waals surface area (Å²) in [5.41, 5.74) is 0.489. The SMILES string of the molecule is CCOc1ccc(NC(=O)CS(=O)(=O)CCCC(=O)OC)cc1. The third-order valence-corrected chi connectivity index (χ3v) is 4.48. The van der Waals surface area contributed by atoms with Crippen LogP contribution in [0.1, 0.15) is 19.8 Å². The van der Waals surface area contributed by atoms with Crippen molar-refractivity contribution in [2.45, 2.75) is 19.8 Å². The number of esters is 1. The zero-order chi connectivity index (χ0) is 17.3. The predicted octanol–water partition coefficient (Wildman–Crippen LogP) is 1.39. The van der Waals surface area contributed by atoms with Gasteiger partial charge < -0.3 is 14.8 Å². The molecule has 0 aliphatic heterocycles. The molecule has 0 aliphatic carbocycles.